The van der Waals surface area contributed by atoms with Gasteiger partial charge in [-0.3, -0.25) is 4.79 Å². The molecule has 1 atom stereocenters. The normalized spacial score (nSPS) is 11.4. The molecule has 0 aliphatic carbocycles. The molecule has 3 amide bonds. The summed E-state index contributed by atoms with van der Waals surface area (Å²) in [7, 11) is 1.51. The molecule has 0 bridgehead atoms. The summed E-state index contributed by atoms with van der Waals surface area (Å²) in [5, 5.41) is 16.1. The van der Waals surface area contributed by atoms with Gasteiger partial charge in [-0.1, -0.05) is 19.8 Å². The topological polar surface area (TPSA) is 108 Å². The number of carbonyl (C=O) groups is 3. The molecule has 0 rings (SSSR count). The standard InChI is InChI=1S/C11H21N3O4/c1-3-4-5-8(10(16)17)14-11(18)13-7-6-9(15)12-2/h8H,3-7H2,1-2H3,(H,12,15)(H,16,17)(H2,13,14,18)/t8-/m0/s1. The Morgan fingerprint density at radius 2 is 1.94 bits per heavy atom. The first-order chi connectivity index (χ1) is 8.51. The van der Waals surface area contributed by atoms with Gasteiger partial charge in [0, 0.05) is 20.0 Å². The van der Waals surface area contributed by atoms with Gasteiger partial charge in [-0.05, 0) is 6.42 Å². The molecule has 7 nitrogen and oxygen atoms in total. The van der Waals surface area contributed by atoms with Crippen molar-refractivity contribution in [3.05, 3.63) is 0 Å². The Labute approximate surface area is 106 Å². The largest absolute Gasteiger partial charge is 0.480 e. The van der Waals surface area contributed by atoms with Crippen LogP contribution in [0.5, 0.6) is 0 Å². The molecule has 4 N–H and O–H groups in total. The summed E-state index contributed by atoms with van der Waals surface area (Å²) in [6.07, 6.45) is 2.16. The molecule has 104 valence electrons. The maximum absolute atomic E-state index is 11.4. The molecule has 18 heavy (non-hydrogen) atoms. The predicted molar refractivity (Wildman–Crippen MR) is 66.2 cm³/mol. The fraction of sp³-hybridized carbons (Fsp3) is 0.727. The number of carbonyl (C=O) groups excluding carboxylic acids is 2. The molecule has 0 spiro atoms. The van der Waals surface area contributed by atoms with Crippen LogP contribution in [0.4, 0.5) is 4.79 Å². The summed E-state index contributed by atoms with van der Waals surface area (Å²) in [5.74, 6) is -1.24. The van der Waals surface area contributed by atoms with Gasteiger partial charge in [-0.2, -0.15) is 0 Å². The third kappa shape index (κ3) is 7.48. The van der Waals surface area contributed by atoms with Crippen molar-refractivity contribution in [1.29, 1.82) is 0 Å². The van der Waals surface area contributed by atoms with E-state index in [1.54, 1.807) is 0 Å². The van der Waals surface area contributed by atoms with Crippen LogP contribution in [0.25, 0.3) is 0 Å². The highest BCUT2D eigenvalue weighted by Gasteiger charge is 2.18. The molecule has 0 aromatic heterocycles. The van der Waals surface area contributed by atoms with E-state index in [0.717, 1.165) is 12.8 Å². The van der Waals surface area contributed by atoms with Crippen molar-refractivity contribution in [2.45, 2.75) is 38.6 Å². The second kappa shape index (κ2) is 9.26. The van der Waals surface area contributed by atoms with Crippen LogP contribution < -0.4 is 16.0 Å². The molecular weight excluding hydrogens is 238 g/mol. The molecule has 0 unspecified atom stereocenters. The number of aliphatic carboxylic acids is 1. The van der Waals surface area contributed by atoms with Crippen LogP contribution in [0.2, 0.25) is 0 Å². The van der Waals surface area contributed by atoms with E-state index in [0.29, 0.717) is 6.42 Å². The Bertz CT molecular complexity index is 294. The van der Waals surface area contributed by atoms with Gasteiger partial charge < -0.3 is 21.1 Å². The molecule has 0 aromatic rings. The lowest BCUT2D eigenvalue weighted by Gasteiger charge is -2.14. The van der Waals surface area contributed by atoms with Gasteiger partial charge in [0.15, 0.2) is 0 Å². The summed E-state index contributed by atoms with van der Waals surface area (Å²) in [4.78, 5) is 33.1. The number of hydrogen-bond acceptors (Lipinski definition) is 3. The van der Waals surface area contributed by atoms with E-state index < -0.39 is 18.0 Å². The Kier molecular flexibility index (Phi) is 8.34. The monoisotopic (exact) mass is 259 g/mol. The van der Waals surface area contributed by atoms with Crippen LogP contribution >= 0.6 is 0 Å². The number of carboxylic acids is 1. The Morgan fingerprint density at radius 3 is 2.44 bits per heavy atom. The van der Waals surface area contributed by atoms with Crippen LogP contribution in [-0.2, 0) is 9.59 Å². The highest BCUT2D eigenvalue weighted by atomic mass is 16.4. The van der Waals surface area contributed by atoms with Crippen molar-refractivity contribution in [2.24, 2.45) is 0 Å². The predicted octanol–water partition coefficient (Wildman–Crippen LogP) is 0.0651. The Hall–Kier alpha value is -1.79. The average Bonchev–Trinajstić information content (AvgIpc) is 2.33. The van der Waals surface area contributed by atoms with Crippen LogP contribution in [-0.4, -0.2) is 42.6 Å². The van der Waals surface area contributed by atoms with Crippen molar-refractivity contribution in [3.63, 3.8) is 0 Å². The molecule has 0 saturated heterocycles. The van der Waals surface area contributed by atoms with Gasteiger partial charge in [0.2, 0.25) is 5.91 Å². The van der Waals surface area contributed by atoms with Crippen molar-refractivity contribution in [2.75, 3.05) is 13.6 Å². The summed E-state index contributed by atoms with van der Waals surface area (Å²) in [6, 6.07) is -1.45. The minimum atomic E-state index is -1.05. The number of unbranched alkanes of at least 4 members (excludes halogenated alkanes) is 1. The number of amides is 3. The van der Waals surface area contributed by atoms with E-state index in [4.69, 9.17) is 5.11 Å². The van der Waals surface area contributed by atoms with Gasteiger partial charge in [0.25, 0.3) is 0 Å². The maximum Gasteiger partial charge on any atom is 0.326 e. The maximum atomic E-state index is 11.4. The summed E-state index contributed by atoms with van der Waals surface area (Å²) < 4.78 is 0. The van der Waals surface area contributed by atoms with Gasteiger partial charge >= 0.3 is 12.0 Å². The minimum absolute atomic E-state index is 0.163. The van der Waals surface area contributed by atoms with Gasteiger partial charge in [-0.15, -0.1) is 0 Å². The van der Waals surface area contributed by atoms with Crippen LogP contribution in [0.3, 0.4) is 0 Å². The van der Waals surface area contributed by atoms with E-state index in [1.165, 1.54) is 7.05 Å². The lowest BCUT2D eigenvalue weighted by Crippen LogP contribution is -2.46. The first-order valence-electron chi connectivity index (χ1n) is 5.99. The fourth-order valence-corrected chi connectivity index (χ4v) is 1.29. The van der Waals surface area contributed by atoms with Crippen molar-refractivity contribution < 1.29 is 19.5 Å². The van der Waals surface area contributed by atoms with E-state index in [-0.39, 0.29) is 18.9 Å². The zero-order valence-electron chi connectivity index (χ0n) is 10.8. The van der Waals surface area contributed by atoms with Crippen molar-refractivity contribution in [1.82, 2.24) is 16.0 Å². The molecular formula is C11H21N3O4. The van der Waals surface area contributed by atoms with Gasteiger partial charge in [0.1, 0.15) is 6.04 Å². The van der Waals surface area contributed by atoms with Gasteiger partial charge in [0.05, 0.1) is 0 Å². The van der Waals surface area contributed by atoms with E-state index in [9.17, 15) is 14.4 Å². The molecule has 0 aliphatic heterocycles. The van der Waals surface area contributed by atoms with Crippen LogP contribution in [0.15, 0.2) is 0 Å². The first-order valence-corrected chi connectivity index (χ1v) is 5.99. The third-order valence-corrected chi connectivity index (χ3v) is 2.37. The van der Waals surface area contributed by atoms with Crippen LogP contribution in [0, 0.1) is 0 Å². The second-order valence-electron chi connectivity index (χ2n) is 3.86. The molecule has 0 saturated carbocycles. The zero-order chi connectivity index (χ0) is 14.0. The molecule has 7 heteroatoms. The zero-order valence-corrected chi connectivity index (χ0v) is 10.8. The SMILES string of the molecule is CCCC[C@H](NC(=O)NCCC(=O)NC)C(=O)O. The molecule has 0 radical (unpaired) electrons. The Balaban J connectivity index is 3.94. The minimum Gasteiger partial charge on any atom is -0.480 e. The van der Waals surface area contributed by atoms with Crippen molar-refractivity contribution in [3.8, 4) is 0 Å². The summed E-state index contributed by atoms with van der Waals surface area (Å²) >= 11 is 0. The number of rotatable bonds is 8. The van der Waals surface area contributed by atoms with E-state index in [2.05, 4.69) is 16.0 Å². The number of nitrogens with one attached hydrogen (secondary N) is 3. The number of carboxylic acid groups (broad SMARTS) is 1. The van der Waals surface area contributed by atoms with Crippen LogP contribution in [0.1, 0.15) is 32.6 Å². The van der Waals surface area contributed by atoms with E-state index >= 15 is 0 Å². The van der Waals surface area contributed by atoms with E-state index in [1.807, 2.05) is 6.92 Å². The summed E-state index contributed by atoms with van der Waals surface area (Å²) in [5.41, 5.74) is 0. The molecule has 0 fully saturated rings. The second-order valence-corrected chi connectivity index (χ2v) is 3.86. The van der Waals surface area contributed by atoms with Crippen molar-refractivity contribution >= 4 is 17.9 Å². The number of urea groups is 1. The smallest absolute Gasteiger partial charge is 0.326 e. The molecule has 0 aromatic carbocycles. The summed E-state index contributed by atoms with van der Waals surface area (Å²) in [6.45, 7) is 2.12. The molecule has 0 heterocycles. The quantitative estimate of drug-likeness (QED) is 0.494. The lowest BCUT2D eigenvalue weighted by molar-refractivity contribution is -0.139. The lowest BCUT2D eigenvalue weighted by atomic mass is 10.1. The molecule has 0 aliphatic rings. The Morgan fingerprint density at radius 1 is 1.28 bits per heavy atom. The highest BCUT2D eigenvalue weighted by molar-refractivity contribution is 5.83. The first kappa shape index (κ1) is 16.2. The average molecular weight is 259 g/mol. The third-order valence-electron chi connectivity index (χ3n) is 2.37. The van der Waals surface area contributed by atoms with Gasteiger partial charge in [-0.25, -0.2) is 9.59 Å². The fourth-order valence-electron chi connectivity index (χ4n) is 1.29. The highest BCUT2D eigenvalue weighted by Crippen LogP contribution is 2.00. The number of hydrogen-bond donors (Lipinski definition) is 4.